The molecule has 0 aromatic heterocycles. The van der Waals surface area contributed by atoms with Crippen molar-refractivity contribution in [2.24, 2.45) is 0 Å². The van der Waals surface area contributed by atoms with Crippen molar-refractivity contribution >= 4 is 30.0 Å². The van der Waals surface area contributed by atoms with E-state index < -0.39 is 23.9 Å². The van der Waals surface area contributed by atoms with Gasteiger partial charge in [-0.3, -0.25) is 24.2 Å². The Morgan fingerprint density at radius 1 is 0.833 bits per heavy atom. The number of methoxy groups -OCH3 is 2. The number of carbonyl (C=O) groups is 4. The SMILES string of the molecule is CCCCOC(=O)CCN1C(=O)/C(=C\c2ccc(OC)c(OC)c2)N(CCC(=O)OCCCC)C1=O. The number of urea groups is 1. The first kappa shape index (κ1) is 28.7. The summed E-state index contributed by atoms with van der Waals surface area (Å²) in [5.41, 5.74) is 0.688. The number of hydrogen-bond acceptors (Lipinski definition) is 8. The number of hydrogen-bond donors (Lipinski definition) is 0. The number of benzene rings is 1. The van der Waals surface area contributed by atoms with Crippen molar-refractivity contribution in [1.82, 2.24) is 9.80 Å². The Labute approximate surface area is 212 Å². The Kier molecular flexibility index (Phi) is 11.7. The third-order valence-electron chi connectivity index (χ3n) is 5.53. The fraction of sp³-hybridized carbons (Fsp3) is 0.538. The van der Waals surface area contributed by atoms with Crippen LogP contribution in [-0.4, -0.2) is 74.2 Å². The van der Waals surface area contributed by atoms with Gasteiger partial charge in [0.2, 0.25) is 0 Å². The minimum Gasteiger partial charge on any atom is -0.493 e. The number of imide groups is 1. The summed E-state index contributed by atoms with van der Waals surface area (Å²) in [5, 5.41) is 0. The minimum absolute atomic E-state index is 0.0356. The van der Waals surface area contributed by atoms with E-state index in [1.807, 2.05) is 13.8 Å². The van der Waals surface area contributed by atoms with Crippen molar-refractivity contribution in [1.29, 1.82) is 0 Å². The van der Waals surface area contributed by atoms with Gasteiger partial charge in [0.1, 0.15) is 5.70 Å². The number of amides is 3. The van der Waals surface area contributed by atoms with Crippen molar-refractivity contribution in [3.8, 4) is 11.5 Å². The Bertz CT molecular complexity index is 959. The van der Waals surface area contributed by atoms with Crippen LogP contribution in [0, 0.1) is 0 Å². The number of unbranched alkanes of at least 4 members (excludes halogenated alkanes) is 2. The molecule has 1 aromatic carbocycles. The van der Waals surface area contributed by atoms with E-state index in [-0.39, 0.29) is 31.6 Å². The van der Waals surface area contributed by atoms with Gasteiger partial charge in [-0.1, -0.05) is 32.8 Å². The van der Waals surface area contributed by atoms with E-state index in [9.17, 15) is 19.2 Å². The lowest BCUT2D eigenvalue weighted by Crippen LogP contribution is -2.35. The molecule has 0 aliphatic carbocycles. The molecule has 0 atom stereocenters. The summed E-state index contributed by atoms with van der Waals surface area (Å²) in [6.07, 6.45) is 4.63. The van der Waals surface area contributed by atoms with Crippen LogP contribution in [0.1, 0.15) is 57.9 Å². The van der Waals surface area contributed by atoms with E-state index in [4.69, 9.17) is 18.9 Å². The van der Waals surface area contributed by atoms with Crippen molar-refractivity contribution in [2.75, 3.05) is 40.5 Å². The second-order valence-corrected chi connectivity index (χ2v) is 8.18. The minimum atomic E-state index is -0.602. The molecule has 198 valence electrons. The summed E-state index contributed by atoms with van der Waals surface area (Å²) in [5.74, 6) is -0.514. The lowest BCUT2D eigenvalue weighted by molar-refractivity contribution is -0.145. The van der Waals surface area contributed by atoms with Crippen LogP contribution in [0.4, 0.5) is 4.79 Å². The molecule has 10 heteroatoms. The molecule has 1 saturated heterocycles. The monoisotopic (exact) mass is 504 g/mol. The Balaban J connectivity index is 2.23. The molecule has 1 aliphatic rings. The van der Waals surface area contributed by atoms with Gasteiger partial charge >= 0.3 is 18.0 Å². The summed E-state index contributed by atoms with van der Waals surface area (Å²) in [4.78, 5) is 52.7. The molecule has 1 heterocycles. The standard InChI is InChI=1S/C26H36N2O8/c1-5-7-15-35-23(29)11-13-27-20(17-19-9-10-21(33-3)22(18-19)34-4)25(31)28(26(27)32)14-12-24(30)36-16-8-6-2/h9-10,17-18H,5-8,11-16H2,1-4H3/b20-17+. The summed E-state index contributed by atoms with van der Waals surface area (Å²) >= 11 is 0. The highest BCUT2D eigenvalue weighted by molar-refractivity contribution is 6.14. The van der Waals surface area contributed by atoms with Gasteiger partial charge < -0.3 is 18.9 Å². The Morgan fingerprint density at radius 3 is 1.92 bits per heavy atom. The maximum absolute atomic E-state index is 13.2. The average molecular weight is 505 g/mol. The summed E-state index contributed by atoms with van der Waals surface area (Å²) in [7, 11) is 3.01. The number of rotatable bonds is 15. The molecule has 0 unspecified atom stereocenters. The zero-order valence-electron chi connectivity index (χ0n) is 21.5. The lowest BCUT2D eigenvalue weighted by Gasteiger charge is -2.17. The van der Waals surface area contributed by atoms with E-state index in [2.05, 4.69) is 0 Å². The zero-order chi connectivity index (χ0) is 26.5. The molecule has 1 aliphatic heterocycles. The zero-order valence-corrected chi connectivity index (χ0v) is 21.5. The maximum atomic E-state index is 13.2. The molecule has 10 nitrogen and oxygen atoms in total. The van der Waals surface area contributed by atoms with Crippen molar-refractivity contribution in [3.63, 3.8) is 0 Å². The van der Waals surface area contributed by atoms with Gasteiger partial charge in [0, 0.05) is 13.1 Å². The fourth-order valence-corrected chi connectivity index (χ4v) is 3.45. The highest BCUT2D eigenvalue weighted by Crippen LogP contribution is 2.30. The van der Waals surface area contributed by atoms with E-state index in [0.717, 1.165) is 30.6 Å². The Hall–Kier alpha value is -3.56. The summed E-state index contributed by atoms with van der Waals surface area (Å²) < 4.78 is 20.9. The maximum Gasteiger partial charge on any atom is 0.331 e. The molecule has 36 heavy (non-hydrogen) atoms. The van der Waals surface area contributed by atoms with E-state index >= 15 is 0 Å². The number of nitrogens with zero attached hydrogens (tertiary/aromatic N) is 2. The average Bonchev–Trinajstić information content (AvgIpc) is 3.09. The lowest BCUT2D eigenvalue weighted by atomic mass is 10.1. The van der Waals surface area contributed by atoms with Crippen LogP contribution in [0.3, 0.4) is 0 Å². The van der Waals surface area contributed by atoms with Crippen LogP contribution in [-0.2, 0) is 23.9 Å². The number of esters is 2. The topological polar surface area (TPSA) is 112 Å². The van der Waals surface area contributed by atoms with Gasteiger partial charge in [0.15, 0.2) is 11.5 Å². The molecular weight excluding hydrogens is 468 g/mol. The van der Waals surface area contributed by atoms with Crippen LogP contribution in [0.2, 0.25) is 0 Å². The van der Waals surface area contributed by atoms with E-state index in [1.165, 1.54) is 19.1 Å². The largest absolute Gasteiger partial charge is 0.493 e. The molecular formula is C26H36N2O8. The van der Waals surface area contributed by atoms with Crippen LogP contribution >= 0.6 is 0 Å². The summed E-state index contributed by atoms with van der Waals surface area (Å²) in [6, 6.07) is 4.48. The smallest absolute Gasteiger partial charge is 0.331 e. The van der Waals surface area contributed by atoms with Crippen molar-refractivity contribution < 1.29 is 38.1 Å². The van der Waals surface area contributed by atoms with E-state index in [0.29, 0.717) is 30.3 Å². The van der Waals surface area contributed by atoms with Gasteiger partial charge in [-0.05, 0) is 36.6 Å². The quantitative estimate of drug-likeness (QED) is 0.154. The summed E-state index contributed by atoms with van der Waals surface area (Å²) in [6.45, 7) is 4.42. The fourth-order valence-electron chi connectivity index (χ4n) is 3.45. The second kappa shape index (κ2) is 14.8. The molecule has 0 bridgehead atoms. The third-order valence-corrected chi connectivity index (χ3v) is 5.53. The second-order valence-electron chi connectivity index (χ2n) is 8.18. The van der Waals surface area contributed by atoms with E-state index in [1.54, 1.807) is 24.3 Å². The van der Waals surface area contributed by atoms with Crippen LogP contribution in [0.5, 0.6) is 11.5 Å². The molecule has 0 spiro atoms. The first-order valence-electron chi connectivity index (χ1n) is 12.2. The van der Waals surface area contributed by atoms with Crippen molar-refractivity contribution in [3.05, 3.63) is 29.5 Å². The van der Waals surface area contributed by atoms with Crippen LogP contribution in [0.25, 0.3) is 6.08 Å². The molecule has 0 radical (unpaired) electrons. The molecule has 1 aromatic rings. The number of carbonyl (C=O) groups excluding carboxylic acids is 4. The molecule has 1 fully saturated rings. The predicted molar refractivity (Wildman–Crippen MR) is 132 cm³/mol. The highest BCUT2D eigenvalue weighted by Gasteiger charge is 2.41. The third kappa shape index (κ3) is 8.00. The van der Waals surface area contributed by atoms with Gasteiger partial charge in [-0.2, -0.15) is 0 Å². The molecule has 0 N–H and O–H groups in total. The Morgan fingerprint density at radius 2 is 1.39 bits per heavy atom. The normalized spacial score (nSPS) is 14.4. The van der Waals surface area contributed by atoms with Gasteiger partial charge in [0.05, 0.1) is 40.3 Å². The predicted octanol–water partition coefficient (Wildman–Crippen LogP) is 3.78. The number of ether oxygens (including phenoxy) is 4. The molecule has 3 amide bonds. The van der Waals surface area contributed by atoms with Crippen LogP contribution in [0.15, 0.2) is 23.9 Å². The van der Waals surface area contributed by atoms with Gasteiger partial charge in [0.25, 0.3) is 5.91 Å². The van der Waals surface area contributed by atoms with Gasteiger partial charge in [-0.15, -0.1) is 0 Å². The molecule has 2 rings (SSSR count). The molecule has 0 saturated carbocycles. The first-order valence-corrected chi connectivity index (χ1v) is 12.2. The highest BCUT2D eigenvalue weighted by atomic mass is 16.5. The van der Waals surface area contributed by atoms with Gasteiger partial charge in [-0.25, -0.2) is 4.79 Å². The first-order chi connectivity index (χ1) is 17.4. The van der Waals surface area contributed by atoms with Crippen molar-refractivity contribution in [2.45, 2.75) is 52.4 Å². The van der Waals surface area contributed by atoms with Crippen LogP contribution < -0.4 is 9.47 Å².